The van der Waals surface area contributed by atoms with E-state index in [-0.39, 0.29) is 11.6 Å². The highest BCUT2D eigenvalue weighted by Gasteiger charge is 2.37. The van der Waals surface area contributed by atoms with E-state index in [1.807, 2.05) is 35.1 Å². The van der Waals surface area contributed by atoms with Gasteiger partial charge in [0.15, 0.2) is 5.03 Å². The van der Waals surface area contributed by atoms with Crippen molar-refractivity contribution in [2.45, 2.75) is 11.6 Å². The first-order valence-electron chi connectivity index (χ1n) is 5.89. The van der Waals surface area contributed by atoms with Crippen LogP contribution in [0.3, 0.4) is 0 Å². The molecular formula is C12H12N4O3S. The fourth-order valence-electron chi connectivity index (χ4n) is 2.16. The molecule has 20 heavy (non-hydrogen) atoms. The summed E-state index contributed by atoms with van der Waals surface area (Å²) < 4.78 is 27.1. The van der Waals surface area contributed by atoms with Crippen LogP contribution in [0.2, 0.25) is 0 Å². The van der Waals surface area contributed by atoms with Crippen molar-refractivity contribution in [3.8, 4) is 0 Å². The van der Waals surface area contributed by atoms with Crippen molar-refractivity contribution >= 4 is 21.7 Å². The predicted octanol–water partition coefficient (Wildman–Crippen LogP) is 0.839. The molecule has 0 bridgehead atoms. The van der Waals surface area contributed by atoms with Gasteiger partial charge in [0.25, 0.3) is 10.0 Å². The molecule has 2 heterocycles. The predicted molar refractivity (Wildman–Crippen MR) is 71.6 cm³/mol. The number of hydrogen-bond donors (Lipinski definition) is 1. The van der Waals surface area contributed by atoms with Gasteiger partial charge in [0, 0.05) is 7.05 Å². The van der Waals surface area contributed by atoms with Gasteiger partial charge in [-0.05, 0) is 5.56 Å². The van der Waals surface area contributed by atoms with Gasteiger partial charge in [-0.3, -0.25) is 9.58 Å². The van der Waals surface area contributed by atoms with E-state index in [2.05, 4.69) is 5.10 Å². The van der Waals surface area contributed by atoms with Gasteiger partial charge in [-0.15, -0.1) is 0 Å². The van der Waals surface area contributed by atoms with E-state index in [1.54, 1.807) is 0 Å². The van der Waals surface area contributed by atoms with Crippen LogP contribution in [0.25, 0.3) is 0 Å². The molecule has 0 radical (unpaired) electrons. The molecule has 8 heteroatoms. The Bertz CT molecular complexity index is 767. The minimum absolute atomic E-state index is 0.00645. The van der Waals surface area contributed by atoms with E-state index in [4.69, 9.17) is 0 Å². The number of nitrogens with one attached hydrogen (secondary N) is 1. The van der Waals surface area contributed by atoms with Crippen molar-refractivity contribution in [1.82, 2.24) is 14.5 Å². The van der Waals surface area contributed by atoms with Crippen LogP contribution < -0.4 is 9.62 Å². The van der Waals surface area contributed by atoms with Gasteiger partial charge in [-0.25, -0.2) is 9.52 Å². The molecule has 1 N–H and O–H groups in total. The molecule has 3 rings (SSSR count). The van der Waals surface area contributed by atoms with Crippen molar-refractivity contribution in [3.05, 3.63) is 42.1 Å². The van der Waals surface area contributed by atoms with E-state index >= 15 is 0 Å². The van der Waals surface area contributed by atoms with Crippen molar-refractivity contribution < 1.29 is 13.2 Å². The molecule has 0 saturated heterocycles. The minimum Gasteiger partial charge on any atom is -0.285 e. The lowest BCUT2D eigenvalue weighted by molar-refractivity contribution is 0.250. The summed E-state index contributed by atoms with van der Waals surface area (Å²) in [6.45, 7) is 0.279. The highest BCUT2D eigenvalue weighted by molar-refractivity contribution is 7.90. The Hall–Kier alpha value is -2.35. The lowest BCUT2D eigenvalue weighted by Gasteiger charge is -2.27. The molecular weight excluding hydrogens is 280 g/mol. The molecule has 0 aliphatic carbocycles. The van der Waals surface area contributed by atoms with Gasteiger partial charge in [0.05, 0.1) is 12.7 Å². The number of nitrogens with zero attached hydrogens (tertiary/aromatic N) is 3. The summed E-state index contributed by atoms with van der Waals surface area (Å²) in [5.41, 5.74) is 1.19. The third kappa shape index (κ3) is 1.94. The highest BCUT2D eigenvalue weighted by Crippen LogP contribution is 2.29. The summed E-state index contributed by atoms with van der Waals surface area (Å²) in [6.07, 6.45) is 1.38. The zero-order chi connectivity index (χ0) is 14.3. The second kappa shape index (κ2) is 4.34. The molecule has 1 aliphatic rings. The van der Waals surface area contributed by atoms with Crippen LogP contribution in [0, 0.1) is 0 Å². The second-order valence-corrected chi connectivity index (χ2v) is 6.04. The first-order valence-corrected chi connectivity index (χ1v) is 7.37. The lowest BCUT2D eigenvalue weighted by atomic mass is 10.2. The van der Waals surface area contributed by atoms with Crippen LogP contribution in [-0.2, 0) is 23.6 Å². The van der Waals surface area contributed by atoms with E-state index in [9.17, 15) is 13.2 Å². The van der Waals surface area contributed by atoms with E-state index in [1.165, 1.54) is 22.8 Å². The average molecular weight is 292 g/mol. The summed E-state index contributed by atoms with van der Waals surface area (Å²) in [7, 11) is -2.32. The number of amides is 2. The van der Waals surface area contributed by atoms with Gasteiger partial charge in [0.1, 0.15) is 5.69 Å². The number of anilines is 1. The molecule has 0 saturated carbocycles. The van der Waals surface area contributed by atoms with Crippen LogP contribution in [-0.4, -0.2) is 24.2 Å². The first-order chi connectivity index (χ1) is 9.49. The molecule has 1 aliphatic heterocycles. The minimum atomic E-state index is -3.84. The molecule has 2 amide bonds. The van der Waals surface area contributed by atoms with Gasteiger partial charge in [-0.2, -0.15) is 13.5 Å². The number of hydrogen-bond acceptors (Lipinski definition) is 4. The Morgan fingerprint density at radius 3 is 2.65 bits per heavy atom. The molecule has 0 fully saturated rings. The topological polar surface area (TPSA) is 84.3 Å². The molecule has 1 aromatic carbocycles. The Labute approximate surface area is 115 Å². The summed E-state index contributed by atoms with van der Waals surface area (Å²) in [4.78, 5) is 13.3. The zero-order valence-electron chi connectivity index (χ0n) is 10.6. The quantitative estimate of drug-likeness (QED) is 0.889. The van der Waals surface area contributed by atoms with Crippen LogP contribution >= 0.6 is 0 Å². The average Bonchev–Trinajstić information content (AvgIpc) is 2.78. The molecule has 7 nitrogen and oxygen atoms in total. The summed E-state index contributed by atoms with van der Waals surface area (Å²) >= 11 is 0. The number of urea groups is 1. The molecule has 2 aromatic rings. The highest BCUT2D eigenvalue weighted by atomic mass is 32.2. The number of sulfonamides is 1. The van der Waals surface area contributed by atoms with Gasteiger partial charge in [-0.1, -0.05) is 30.3 Å². The maximum absolute atomic E-state index is 12.0. The van der Waals surface area contributed by atoms with Gasteiger partial charge < -0.3 is 0 Å². The molecule has 0 unspecified atom stereocenters. The maximum atomic E-state index is 12.0. The Morgan fingerprint density at radius 2 is 1.95 bits per heavy atom. The number of rotatable bonds is 2. The number of aryl methyl sites for hydroxylation is 1. The number of benzene rings is 1. The fraction of sp³-hybridized carbons (Fsp3) is 0.167. The Morgan fingerprint density at radius 1 is 1.25 bits per heavy atom. The van der Waals surface area contributed by atoms with Crippen molar-refractivity contribution in [1.29, 1.82) is 0 Å². The third-order valence-electron chi connectivity index (χ3n) is 3.06. The van der Waals surface area contributed by atoms with Crippen molar-refractivity contribution in [2.75, 3.05) is 4.90 Å². The van der Waals surface area contributed by atoms with Crippen LogP contribution in [0.5, 0.6) is 0 Å². The van der Waals surface area contributed by atoms with Gasteiger partial charge in [0.2, 0.25) is 0 Å². The molecule has 104 valence electrons. The molecule has 0 atom stereocenters. The van der Waals surface area contributed by atoms with Crippen molar-refractivity contribution in [3.63, 3.8) is 0 Å². The standard InChI is InChI=1S/C12H12N4O3S/c1-15-11-10(7-13-15)16(12(17)14-20(11,18)19)8-9-5-3-2-4-6-9/h2-7H,8H2,1H3,(H,14,17). The van der Waals surface area contributed by atoms with Crippen LogP contribution in [0.1, 0.15) is 5.56 Å². The summed E-state index contributed by atoms with van der Waals surface area (Å²) in [6, 6.07) is 8.66. The smallest absolute Gasteiger partial charge is 0.285 e. The monoisotopic (exact) mass is 292 g/mol. The SMILES string of the molecule is Cn1ncc2c1S(=O)(=O)NC(=O)N2Cc1ccccc1. The summed E-state index contributed by atoms with van der Waals surface area (Å²) in [5.74, 6) is 0. The fourth-order valence-corrected chi connectivity index (χ4v) is 3.43. The Kier molecular flexibility index (Phi) is 2.75. The zero-order valence-corrected chi connectivity index (χ0v) is 11.5. The lowest BCUT2D eigenvalue weighted by Crippen LogP contribution is -2.47. The largest absolute Gasteiger partial charge is 0.336 e. The number of aromatic nitrogens is 2. The summed E-state index contributed by atoms with van der Waals surface area (Å²) in [5, 5.41) is 3.92. The second-order valence-electron chi connectivity index (χ2n) is 4.44. The number of carbonyl (C=O) groups is 1. The van der Waals surface area contributed by atoms with Crippen LogP contribution in [0.4, 0.5) is 10.5 Å². The first kappa shape index (κ1) is 12.7. The maximum Gasteiger partial charge on any atom is 0.336 e. The van der Waals surface area contributed by atoms with Crippen molar-refractivity contribution in [2.24, 2.45) is 7.05 Å². The molecule has 1 aromatic heterocycles. The van der Waals surface area contributed by atoms with Gasteiger partial charge >= 0.3 is 6.03 Å². The van der Waals surface area contributed by atoms with E-state index in [0.29, 0.717) is 5.69 Å². The number of carbonyl (C=O) groups excluding carboxylic acids is 1. The van der Waals surface area contributed by atoms with E-state index in [0.717, 1.165) is 5.56 Å². The normalized spacial score (nSPS) is 16.6. The molecule has 0 spiro atoms. The number of fused-ring (bicyclic) bond motifs is 1. The van der Waals surface area contributed by atoms with E-state index < -0.39 is 16.1 Å². The van der Waals surface area contributed by atoms with Crippen LogP contribution in [0.15, 0.2) is 41.6 Å². The Balaban J connectivity index is 2.06. The third-order valence-corrected chi connectivity index (χ3v) is 4.49.